The molecule has 2 rings (SSSR count). The van der Waals surface area contributed by atoms with Crippen molar-refractivity contribution in [1.29, 1.82) is 0 Å². The number of benzene rings is 1. The quantitative estimate of drug-likeness (QED) is 0.276. The summed E-state index contributed by atoms with van der Waals surface area (Å²) < 4.78 is 37.2. The van der Waals surface area contributed by atoms with E-state index in [9.17, 15) is 28.8 Å². The van der Waals surface area contributed by atoms with Gasteiger partial charge in [-0.05, 0) is 18.4 Å². The van der Waals surface area contributed by atoms with Crippen molar-refractivity contribution in [3.8, 4) is 0 Å². The summed E-state index contributed by atoms with van der Waals surface area (Å²) in [5.74, 6) is -3.72. The minimum atomic E-state index is -1.35. The fourth-order valence-corrected chi connectivity index (χ4v) is 4.18. The number of hydrogen-bond donors (Lipinski definition) is 1. The normalized spacial score (nSPS) is 22.3. The van der Waals surface area contributed by atoms with E-state index in [1.807, 2.05) is 6.07 Å². The van der Waals surface area contributed by atoms with Crippen LogP contribution in [0.25, 0.3) is 0 Å². The second-order valence-electron chi connectivity index (χ2n) is 9.10. The van der Waals surface area contributed by atoms with Crippen LogP contribution in [0.4, 0.5) is 4.79 Å². The van der Waals surface area contributed by atoms with Crippen LogP contribution in [0.1, 0.15) is 46.1 Å². The van der Waals surface area contributed by atoms with Gasteiger partial charge < -0.3 is 38.5 Å². The van der Waals surface area contributed by atoms with Gasteiger partial charge in [0.15, 0.2) is 18.3 Å². The van der Waals surface area contributed by atoms with Crippen molar-refractivity contribution in [3.63, 3.8) is 0 Å². The van der Waals surface area contributed by atoms with E-state index in [1.165, 1.54) is 0 Å². The van der Waals surface area contributed by atoms with Crippen molar-refractivity contribution in [2.45, 2.75) is 83.7 Å². The molecule has 0 spiro atoms. The molecule has 1 fully saturated rings. The van der Waals surface area contributed by atoms with E-state index in [1.54, 1.807) is 24.3 Å². The lowest BCUT2D eigenvalue weighted by Gasteiger charge is -2.44. The van der Waals surface area contributed by atoms with Gasteiger partial charge in [-0.2, -0.15) is 0 Å². The maximum atomic E-state index is 12.5. The van der Waals surface area contributed by atoms with Gasteiger partial charge in [0.1, 0.15) is 25.4 Å². The lowest BCUT2D eigenvalue weighted by Crippen LogP contribution is -2.62. The molecule has 0 saturated carbocycles. The molecule has 1 aromatic rings. The number of rotatable bonds is 12. The highest BCUT2D eigenvalue weighted by atomic mass is 16.7. The molecule has 0 radical (unpaired) electrons. The van der Waals surface area contributed by atoms with Crippen molar-refractivity contribution in [1.82, 2.24) is 5.32 Å². The molecule has 226 valence electrons. The molecule has 14 heteroatoms. The maximum absolute atomic E-state index is 12.5. The third-order valence-electron chi connectivity index (χ3n) is 5.82. The van der Waals surface area contributed by atoms with E-state index >= 15 is 0 Å². The first-order valence-corrected chi connectivity index (χ1v) is 12.8. The third-order valence-corrected chi connectivity index (χ3v) is 5.82. The van der Waals surface area contributed by atoms with Crippen LogP contribution in [-0.4, -0.2) is 86.2 Å². The van der Waals surface area contributed by atoms with E-state index < -0.39 is 79.1 Å². The Bertz CT molecular complexity index is 1080. The van der Waals surface area contributed by atoms with Gasteiger partial charge in [0, 0.05) is 27.7 Å². The number of carbonyl (C=O) groups excluding carboxylic acids is 6. The monoisotopic (exact) mass is 581 g/mol. The van der Waals surface area contributed by atoms with E-state index in [0.29, 0.717) is 0 Å². The summed E-state index contributed by atoms with van der Waals surface area (Å²) in [6, 6.07) is 7.69. The van der Waals surface area contributed by atoms with Crippen molar-refractivity contribution < 1.29 is 61.9 Å². The number of hydrogen-bond acceptors (Lipinski definition) is 13. The molecule has 1 heterocycles. The first-order chi connectivity index (χ1) is 19.4. The van der Waals surface area contributed by atoms with E-state index in [4.69, 9.17) is 33.2 Å². The number of nitrogens with one attached hydrogen (secondary N) is 1. The number of ether oxygens (including phenoxy) is 7. The van der Waals surface area contributed by atoms with Gasteiger partial charge in [0.2, 0.25) is 0 Å². The van der Waals surface area contributed by atoms with Crippen molar-refractivity contribution in [2.24, 2.45) is 0 Å². The van der Waals surface area contributed by atoms with Crippen LogP contribution < -0.4 is 5.32 Å². The van der Waals surface area contributed by atoms with Gasteiger partial charge in [0.05, 0.1) is 13.2 Å². The molecule has 1 amide bonds. The Hall–Kier alpha value is -4.20. The van der Waals surface area contributed by atoms with Crippen molar-refractivity contribution >= 4 is 35.9 Å². The average molecular weight is 582 g/mol. The maximum Gasteiger partial charge on any atom is 0.408 e. The van der Waals surface area contributed by atoms with E-state index in [0.717, 1.165) is 40.4 Å². The van der Waals surface area contributed by atoms with Crippen molar-refractivity contribution in [3.05, 3.63) is 35.9 Å². The topological polar surface area (TPSA) is 179 Å². The second-order valence-corrected chi connectivity index (χ2v) is 9.10. The molecule has 1 aliphatic rings. The third kappa shape index (κ3) is 11.1. The van der Waals surface area contributed by atoms with Gasteiger partial charge in [-0.1, -0.05) is 30.3 Å². The van der Waals surface area contributed by atoms with Crippen LogP contribution in [0.2, 0.25) is 0 Å². The summed E-state index contributed by atoms with van der Waals surface area (Å²) in [5.41, 5.74) is 0.731. The summed E-state index contributed by atoms with van der Waals surface area (Å²) in [6.07, 6.45) is -7.19. The van der Waals surface area contributed by atoms with Crippen LogP contribution >= 0.6 is 0 Å². The smallest absolute Gasteiger partial charge is 0.408 e. The molecule has 1 saturated heterocycles. The Morgan fingerprint density at radius 1 is 0.780 bits per heavy atom. The van der Waals surface area contributed by atoms with Crippen LogP contribution in [0, 0.1) is 0 Å². The van der Waals surface area contributed by atoms with Gasteiger partial charge in [-0.25, -0.2) is 9.59 Å². The molecule has 0 aromatic heterocycles. The SMILES string of the molecule is COC(=O)[C@H](CC[C@H]1O[C@H](COC(C)=O)[C@@H](OC(C)=O)[C@H](OC(C)=O)[C@@H]1OC(C)=O)NC(=O)OCc1ccccc1. The second kappa shape index (κ2) is 16.2. The summed E-state index contributed by atoms with van der Waals surface area (Å²) in [4.78, 5) is 72.2. The Labute approximate surface area is 236 Å². The predicted molar refractivity (Wildman–Crippen MR) is 137 cm³/mol. The molecular weight excluding hydrogens is 546 g/mol. The van der Waals surface area contributed by atoms with E-state index in [2.05, 4.69) is 5.32 Å². The number of esters is 5. The lowest BCUT2D eigenvalue weighted by molar-refractivity contribution is -0.253. The van der Waals surface area contributed by atoms with Gasteiger partial charge >= 0.3 is 35.9 Å². The fourth-order valence-electron chi connectivity index (χ4n) is 4.18. The first kappa shape index (κ1) is 33.0. The van der Waals surface area contributed by atoms with Gasteiger partial charge in [-0.15, -0.1) is 0 Å². The zero-order valence-corrected chi connectivity index (χ0v) is 23.5. The molecule has 1 aliphatic heterocycles. The first-order valence-electron chi connectivity index (χ1n) is 12.8. The Kier molecular flexibility index (Phi) is 13.0. The van der Waals surface area contributed by atoms with Gasteiger partial charge in [0.25, 0.3) is 0 Å². The highest BCUT2D eigenvalue weighted by molar-refractivity contribution is 5.81. The Morgan fingerprint density at radius 3 is 1.88 bits per heavy atom. The molecule has 0 unspecified atom stereocenters. The minimum Gasteiger partial charge on any atom is -0.467 e. The molecule has 0 bridgehead atoms. The van der Waals surface area contributed by atoms with Crippen LogP contribution in [0.15, 0.2) is 30.3 Å². The Morgan fingerprint density at radius 2 is 1.34 bits per heavy atom. The molecule has 14 nitrogen and oxygen atoms in total. The standard InChI is InChI=1S/C27H35NO13/c1-15(29)36-14-22-24(39-17(3)31)25(40-18(4)32)23(38-16(2)30)21(41-22)12-11-20(26(33)35-5)28-27(34)37-13-19-9-7-6-8-10-19/h6-10,20-25H,11-14H2,1-5H3,(H,28,34)/t20-,21+,22+,23+,24+,25+/m0/s1. The highest BCUT2D eigenvalue weighted by Crippen LogP contribution is 2.31. The van der Waals surface area contributed by atoms with E-state index in [-0.39, 0.29) is 19.4 Å². The minimum absolute atomic E-state index is 0.0414. The molecule has 6 atom stereocenters. The van der Waals surface area contributed by atoms with Crippen LogP contribution in [0.5, 0.6) is 0 Å². The lowest BCUT2D eigenvalue weighted by atomic mass is 9.91. The summed E-state index contributed by atoms with van der Waals surface area (Å²) >= 11 is 0. The largest absolute Gasteiger partial charge is 0.467 e. The molecule has 1 aromatic carbocycles. The average Bonchev–Trinajstić information content (AvgIpc) is 2.90. The van der Waals surface area contributed by atoms with Gasteiger partial charge in [-0.3, -0.25) is 19.2 Å². The van der Waals surface area contributed by atoms with Crippen molar-refractivity contribution in [2.75, 3.05) is 13.7 Å². The zero-order chi connectivity index (χ0) is 30.5. The number of methoxy groups -OCH3 is 1. The molecule has 1 N–H and O–H groups in total. The molecule has 41 heavy (non-hydrogen) atoms. The number of carbonyl (C=O) groups is 6. The number of alkyl carbamates (subject to hydrolysis) is 1. The summed E-state index contributed by atoms with van der Waals surface area (Å²) in [5, 5.41) is 2.44. The number of amides is 1. The van der Waals surface area contributed by atoms with Crippen LogP contribution in [-0.2, 0) is 63.7 Å². The Balaban J connectivity index is 2.27. The zero-order valence-electron chi connectivity index (χ0n) is 23.5. The fraction of sp³-hybridized carbons (Fsp3) is 0.556. The molecule has 0 aliphatic carbocycles. The molecular formula is C27H35NO13. The predicted octanol–water partition coefficient (Wildman–Crippen LogP) is 1.36. The summed E-state index contributed by atoms with van der Waals surface area (Å²) in [7, 11) is 1.14. The van der Waals surface area contributed by atoms with Crippen LogP contribution in [0.3, 0.4) is 0 Å². The summed E-state index contributed by atoms with van der Waals surface area (Å²) in [6.45, 7) is 4.08. The highest BCUT2D eigenvalue weighted by Gasteiger charge is 2.52.